The summed E-state index contributed by atoms with van der Waals surface area (Å²) in [5.74, 6) is 0.0850. The molecule has 0 spiro atoms. The topological polar surface area (TPSA) is 49.9 Å². The van der Waals surface area contributed by atoms with Crippen LogP contribution >= 0.6 is 11.6 Å². The molecule has 1 N–H and O–H groups in total. The zero-order valence-electron chi connectivity index (χ0n) is 10.3. The Morgan fingerprint density at radius 3 is 2.78 bits per heavy atom. The fourth-order valence-electron chi connectivity index (χ4n) is 1.94. The van der Waals surface area contributed by atoms with Crippen LogP contribution in [0.4, 0.5) is 0 Å². The molecule has 0 atom stereocenters. The van der Waals surface area contributed by atoms with Gasteiger partial charge in [0.1, 0.15) is 5.78 Å². The van der Waals surface area contributed by atoms with E-state index < -0.39 is 0 Å². The lowest BCUT2D eigenvalue weighted by Gasteiger charge is -2.06. The molecule has 0 aliphatic rings. The summed E-state index contributed by atoms with van der Waals surface area (Å²) in [5, 5.41) is 1.57. The van der Waals surface area contributed by atoms with Gasteiger partial charge in [0.05, 0.1) is 5.52 Å². The summed E-state index contributed by atoms with van der Waals surface area (Å²) in [7, 11) is 0. The normalized spacial score (nSPS) is 10.8. The van der Waals surface area contributed by atoms with Crippen molar-refractivity contribution in [2.45, 2.75) is 26.7 Å². The Labute approximate surface area is 110 Å². The molecule has 3 nitrogen and oxygen atoms in total. The molecule has 0 aliphatic carbocycles. The standard InChI is InChI=1S/C14H14ClNO2/c1-8(17)3-4-11-7-10-5-6-12(15)9(2)13(10)16-14(11)18/h5-7H,3-4H2,1-2H3,(H,16,18). The molecule has 0 bridgehead atoms. The number of carbonyl (C=O) groups is 1. The SMILES string of the molecule is CC(=O)CCc1cc2ccc(Cl)c(C)c2[nH]c1=O. The van der Waals surface area contributed by atoms with Crippen molar-refractivity contribution in [1.29, 1.82) is 0 Å². The number of nitrogens with one attached hydrogen (secondary N) is 1. The number of aromatic nitrogens is 1. The molecular formula is C14H14ClNO2. The summed E-state index contributed by atoms with van der Waals surface area (Å²) in [5.41, 5.74) is 2.12. The first-order chi connectivity index (χ1) is 8.49. The lowest BCUT2D eigenvalue weighted by atomic mass is 10.1. The Hall–Kier alpha value is -1.61. The first kappa shape index (κ1) is 12.8. The van der Waals surface area contributed by atoms with Gasteiger partial charge >= 0.3 is 0 Å². The van der Waals surface area contributed by atoms with Gasteiger partial charge in [0.2, 0.25) is 0 Å². The van der Waals surface area contributed by atoms with Crippen molar-refractivity contribution in [2.75, 3.05) is 0 Å². The second-order valence-electron chi connectivity index (χ2n) is 4.46. The Morgan fingerprint density at radius 1 is 1.39 bits per heavy atom. The molecule has 0 fully saturated rings. The van der Waals surface area contributed by atoms with Crippen LogP contribution in [-0.2, 0) is 11.2 Å². The van der Waals surface area contributed by atoms with Crippen LogP contribution < -0.4 is 5.56 Å². The van der Waals surface area contributed by atoms with Crippen molar-refractivity contribution in [3.05, 3.63) is 44.7 Å². The van der Waals surface area contributed by atoms with Gasteiger partial charge in [0, 0.05) is 17.0 Å². The molecule has 0 amide bonds. The van der Waals surface area contributed by atoms with Gasteiger partial charge in [-0.25, -0.2) is 0 Å². The van der Waals surface area contributed by atoms with Gasteiger partial charge in [-0.1, -0.05) is 17.7 Å². The number of carbonyl (C=O) groups excluding carboxylic acids is 1. The van der Waals surface area contributed by atoms with Crippen molar-refractivity contribution in [2.24, 2.45) is 0 Å². The third-order valence-corrected chi connectivity index (χ3v) is 3.45. The van der Waals surface area contributed by atoms with E-state index in [2.05, 4.69) is 4.98 Å². The van der Waals surface area contributed by atoms with Gasteiger partial charge in [-0.2, -0.15) is 0 Å². The highest BCUT2D eigenvalue weighted by molar-refractivity contribution is 6.32. The van der Waals surface area contributed by atoms with E-state index in [1.165, 1.54) is 6.92 Å². The van der Waals surface area contributed by atoms with E-state index in [4.69, 9.17) is 11.6 Å². The second kappa shape index (κ2) is 4.94. The van der Waals surface area contributed by atoms with Gasteiger partial charge in [0.15, 0.2) is 0 Å². The molecule has 0 aliphatic heterocycles. The number of hydrogen-bond acceptors (Lipinski definition) is 2. The molecule has 18 heavy (non-hydrogen) atoms. The average Bonchev–Trinajstić information content (AvgIpc) is 2.32. The maximum Gasteiger partial charge on any atom is 0.251 e. The Balaban J connectivity index is 2.53. The lowest BCUT2D eigenvalue weighted by Crippen LogP contribution is -2.13. The first-order valence-electron chi connectivity index (χ1n) is 5.79. The lowest BCUT2D eigenvalue weighted by molar-refractivity contribution is -0.116. The third kappa shape index (κ3) is 2.46. The summed E-state index contributed by atoms with van der Waals surface area (Å²) < 4.78 is 0. The fraction of sp³-hybridized carbons (Fsp3) is 0.286. The number of ketones is 1. The quantitative estimate of drug-likeness (QED) is 0.925. The zero-order chi connectivity index (χ0) is 13.3. The molecule has 0 unspecified atom stereocenters. The molecule has 0 saturated heterocycles. The maximum atomic E-state index is 11.9. The van der Waals surface area contributed by atoms with Crippen LogP contribution in [0.15, 0.2) is 23.0 Å². The van der Waals surface area contributed by atoms with Gasteiger partial charge in [-0.15, -0.1) is 0 Å². The van der Waals surface area contributed by atoms with Crippen molar-refractivity contribution in [1.82, 2.24) is 4.98 Å². The number of aromatic amines is 1. The van der Waals surface area contributed by atoms with Gasteiger partial charge in [-0.3, -0.25) is 4.79 Å². The predicted octanol–water partition coefficient (Wildman–Crippen LogP) is 3.01. The van der Waals surface area contributed by atoms with Crippen molar-refractivity contribution < 1.29 is 4.79 Å². The number of H-pyrrole nitrogens is 1. The van der Waals surface area contributed by atoms with Crippen LogP contribution in [0.3, 0.4) is 0 Å². The minimum Gasteiger partial charge on any atom is -0.321 e. The summed E-state index contributed by atoms with van der Waals surface area (Å²) in [6.07, 6.45) is 0.865. The van der Waals surface area contributed by atoms with Gasteiger partial charge in [0.25, 0.3) is 5.56 Å². The predicted molar refractivity (Wildman–Crippen MR) is 73.3 cm³/mol. The van der Waals surface area contributed by atoms with Crippen LogP contribution in [0.2, 0.25) is 5.02 Å². The fourth-order valence-corrected chi connectivity index (χ4v) is 2.09. The van der Waals surface area contributed by atoms with E-state index in [1.807, 2.05) is 25.1 Å². The monoisotopic (exact) mass is 263 g/mol. The van der Waals surface area contributed by atoms with Crippen LogP contribution in [0, 0.1) is 6.92 Å². The van der Waals surface area contributed by atoms with Crippen molar-refractivity contribution in [3.8, 4) is 0 Å². The van der Waals surface area contributed by atoms with E-state index in [0.29, 0.717) is 23.4 Å². The summed E-state index contributed by atoms with van der Waals surface area (Å²) in [6.45, 7) is 3.40. The van der Waals surface area contributed by atoms with Crippen LogP contribution in [0.1, 0.15) is 24.5 Å². The highest BCUT2D eigenvalue weighted by atomic mass is 35.5. The first-order valence-corrected chi connectivity index (χ1v) is 6.17. The molecule has 94 valence electrons. The summed E-state index contributed by atoms with van der Waals surface area (Å²) in [4.78, 5) is 25.7. The summed E-state index contributed by atoms with van der Waals surface area (Å²) in [6, 6.07) is 5.52. The second-order valence-corrected chi connectivity index (χ2v) is 4.87. The molecule has 4 heteroatoms. The van der Waals surface area contributed by atoms with Crippen LogP contribution in [0.5, 0.6) is 0 Å². The highest BCUT2D eigenvalue weighted by Crippen LogP contribution is 2.23. The number of rotatable bonds is 3. The minimum absolute atomic E-state index is 0.0850. The molecule has 0 radical (unpaired) electrons. The number of hydrogen-bond donors (Lipinski definition) is 1. The number of halogens is 1. The average molecular weight is 264 g/mol. The number of aryl methyl sites for hydroxylation is 2. The molecule has 2 aromatic rings. The number of benzene rings is 1. The Kier molecular flexibility index (Phi) is 3.53. The minimum atomic E-state index is -0.144. The molecule has 0 saturated carbocycles. The molecular weight excluding hydrogens is 250 g/mol. The molecule has 1 aromatic heterocycles. The zero-order valence-corrected chi connectivity index (χ0v) is 11.1. The van der Waals surface area contributed by atoms with E-state index in [1.54, 1.807) is 0 Å². The van der Waals surface area contributed by atoms with E-state index >= 15 is 0 Å². The molecule has 2 rings (SSSR count). The van der Waals surface area contributed by atoms with Crippen LogP contribution in [0.25, 0.3) is 10.9 Å². The van der Waals surface area contributed by atoms with Crippen molar-refractivity contribution in [3.63, 3.8) is 0 Å². The smallest absolute Gasteiger partial charge is 0.251 e. The highest BCUT2D eigenvalue weighted by Gasteiger charge is 2.07. The van der Waals surface area contributed by atoms with E-state index in [9.17, 15) is 9.59 Å². The van der Waals surface area contributed by atoms with E-state index in [0.717, 1.165) is 16.5 Å². The summed E-state index contributed by atoms with van der Waals surface area (Å²) >= 11 is 6.02. The van der Waals surface area contributed by atoms with Crippen LogP contribution in [-0.4, -0.2) is 10.8 Å². The third-order valence-electron chi connectivity index (χ3n) is 3.04. The number of Topliss-reactive ketones (excluding diaryl/α,β-unsaturated/α-hetero) is 1. The number of pyridine rings is 1. The maximum absolute atomic E-state index is 11.9. The van der Waals surface area contributed by atoms with Gasteiger partial charge in [-0.05, 0) is 43.4 Å². The Morgan fingerprint density at radius 2 is 2.11 bits per heavy atom. The Bertz CT molecular complexity index is 673. The van der Waals surface area contributed by atoms with Crippen molar-refractivity contribution >= 4 is 28.3 Å². The molecule has 1 aromatic carbocycles. The largest absolute Gasteiger partial charge is 0.321 e. The number of fused-ring (bicyclic) bond motifs is 1. The van der Waals surface area contributed by atoms with Gasteiger partial charge < -0.3 is 9.78 Å². The van der Waals surface area contributed by atoms with E-state index in [-0.39, 0.29) is 11.3 Å². The molecule has 1 heterocycles.